The number of amides is 1. The molecule has 1 saturated heterocycles. The molecule has 1 aliphatic carbocycles. The van der Waals surface area contributed by atoms with E-state index < -0.39 is 10.0 Å². The molecular weight excluding hydrogens is 388 g/mol. The molecule has 2 aliphatic rings. The van der Waals surface area contributed by atoms with Gasteiger partial charge in [0.1, 0.15) is 0 Å². The number of nitrogens with zero attached hydrogens (tertiary/aromatic N) is 1. The van der Waals surface area contributed by atoms with Crippen LogP contribution in [-0.2, 0) is 21.3 Å². The normalized spacial score (nSPS) is 19.2. The lowest BCUT2D eigenvalue weighted by Gasteiger charge is -2.23. The van der Waals surface area contributed by atoms with Gasteiger partial charge in [0, 0.05) is 31.3 Å². The van der Waals surface area contributed by atoms with Crippen molar-refractivity contribution in [3.63, 3.8) is 0 Å². The van der Waals surface area contributed by atoms with Gasteiger partial charge in [-0.2, -0.15) is 0 Å². The molecule has 154 valence electrons. The summed E-state index contributed by atoms with van der Waals surface area (Å²) in [4.78, 5) is 15.1. The third kappa shape index (κ3) is 5.04. The number of nitrogens with one attached hydrogen (secondary N) is 1. The Labute approximate surface area is 171 Å². The molecule has 1 N–H and O–H groups in total. The molecule has 0 spiro atoms. The minimum atomic E-state index is -3.62. The first-order valence-electron chi connectivity index (χ1n) is 10.1. The van der Waals surface area contributed by atoms with Gasteiger partial charge in [-0.25, -0.2) is 13.1 Å². The van der Waals surface area contributed by atoms with Gasteiger partial charge in [0.15, 0.2) is 0 Å². The summed E-state index contributed by atoms with van der Waals surface area (Å²) in [7, 11) is -3.62. The predicted molar refractivity (Wildman–Crippen MR) is 110 cm³/mol. The molecule has 4 rings (SSSR count). The Balaban J connectivity index is 1.43. The van der Waals surface area contributed by atoms with Crippen molar-refractivity contribution < 1.29 is 17.9 Å². The van der Waals surface area contributed by atoms with Crippen LogP contribution in [0.1, 0.15) is 41.6 Å². The average molecular weight is 415 g/mol. The molecule has 7 heteroatoms. The largest absolute Gasteiger partial charge is 0.377 e. The molecule has 6 nitrogen and oxygen atoms in total. The van der Waals surface area contributed by atoms with Gasteiger partial charge in [-0.05, 0) is 55.5 Å². The summed E-state index contributed by atoms with van der Waals surface area (Å²) in [6.07, 6.45) is 3.80. The van der Waals surface area contributed by atoms with Crippen LogP contribution in [0.2, 0.25) is 0 Å². The van der Waals surface area contributed by atoms with E-state index in [0.29, 0.717) is 18.7 Å². The third-order valence-electron chi connectivity index (χ3n) is 5.38. The second kappa shape index (κ2) is 8.65. The fourth-order valence-corrected chi connectivity index (χ4v) is 4.63. The smallest absolute Gasteiger partial charge is 0.254 e. The number of carbonyl (C=O) groups excluding carboxylic acids is 1. The van der Waals surface area contributed by atoms with E-state index >= 15 is 0 Å². The number of hydrogen-bond donors (Lipinski definition) is 1. The Bertz CT molecular complexity index is 935. The van der Waals surface area contributed by atoms with Gasteiger partial charge in [0.25, 0.3) is 5.91 Å². The molecule has 1 aliphatic heterocycles. The van der Waals surface area contributed by atoms with E-state index in [-0.39, 0.29) is 29.5 Å². The predicted octanol–water partition coefficient (Wildman–Crippen LogP) is 2.95. The Hall–Kier alpha value is -2.22. The summed E-state index contributed by atoms with van der Waals surface area (Å²) < 4.78 is 33.1. The third-order valence-corrected chi connectivity index (χ3v) is 6.82. The lowest BCUT2D eigenvalue weighted by Crippen LogP contribution is -2.33. The maximum Gasteiger partial charge on any atom is 0.254 e. The number of sulfonamides is 1. The molecule has 29 heavy (non-hydrogen) atoms. The Kier molecular flexibility index (Phi) is 5.99. The summed E-state index contributed by atoms with van der Waals surface area (Å²) in [6, 6.07) is 16.4. The fraction of sp³-hybridized carbons (Fsp3) is 0.409. The monoisotopic (exact) mass is 414 g/mol. The summed E-state index contributed by atoms with van der Waals surface area (Å²) in [5.41, 5.74) is 1.59. The van der Waals surface area contributed by atoms with Crippen LogP contribution in [0, 0.1) is 0 Å². The summed E-state index contributed by atoms with van der Waals surface area (Å²) in [5, 5.41) is 0. The Morgan fingerprint density at radius 3 is 2.38 bits per heavy atom. The number of benzene rings is 2. The first kappa shape index (κ1) is 20.1. The van der Waals surface area contributed by atoms with Crippen LogP contribution in [0.5, 0.6) is 0 Å². The maximum absolute atomic E-state index is 13.0. The van der Waals surface area contributed by atoms with E-state index in [1.165, 1.54) is 12.1 Å². The van der Waals surface area contributed by atoms with Gasteiger partial charge in [-0.3, -0.25) is 4.79 Å². The van der Waals surface area contributed by atoms with Gasteiger partial charge >= 0.3 is 0 Å². The minimum absolute atomic E-state index is 0.0595. The van der Waals surface area contributed by atoms with E-state index in [2.05, 4.69) is 4.72 Å². The molecule has 2 aromatic carbocycles. The zero-order chi connectivity index (χ0) is 20.3. The lowest BCUT2D eigenvalue weighted by molar-refractivity contribution is 0.0730. The number of carbonyl (C=O) groups is 1. The molecule has 2 fully saturated rings. The summed E-state index contributed by atoms with van der Waals surface area (Å²) >= 11 is 0. The van der Waals surface area contributed by atoms with Crippen molar-refractivity contribution in [2.45, 2.75) is 49.3 Å². The molecule has 2 aromatic rings. The summed E-state index contributed by atoms with van der Waals surface area (Å²) in [6.45, 7) is 1.52. The van der Waals surface area contributed by atoms with Crippen LogP contribution in [0.15, 0.2) is 59.5 Å². The minimum Gasteiger partial charge on any atom is -0.377 e. The SMILES string of the molecule is O=C(c1ccc(S(=O)(=O)NCC2CCCO2)cc1)N(Cc1ccccc1)C1CC1. The van der Waals surface area contributed by atoms with Gasteiger partial charge in [0.05, 0.1) is 11.0 Å². The van der Waals surface area contributed by atoms with E-state index in [0.717, 1.165) is 31.2 Å². The number of rotatable bonds is 8. The van der Waals surface area contributed by atoms with Crippen LogP contribution in [0.25, 0.3) is 0 Å². The Morgan fingerprint density at radius 2 is 1.76 bits per heavy atom. The van der Waals surface area contributed by atoms with Crippen molar-refractivity contribution in [2.75, 3.05) is 13.2 Å². The fourth-order valence-electron chi connectivity index (χ4n) is 3.57. The van der Waals surface area contributed by atoms with E-state index in [9.17, 15) is 13.2 Å². The number of ether oxygens (including phenoxy) is 1. The van der Waals surface area contributed by atoms with Crippen LogP contribution in [0.4, 0.5) is 0 Å². The zero-order valence-electron chi connectivity index (χ0n) is 16.3. The molecular formula is C22H26N2O4S. The van der Waals surface area contributed by atoms with Crippen molar-refractivity contribution in [3.05, 3.63) is 65.7 Å². The second-order valence-electron chi connectivity index (χ2n) is 7.66. The van der Waals surface area contributed by atoms with Gasteiger partial charge < -0.3 is 9.64 Å². The average Bonchev–Trinajstić information content (AvgIpc) is 3.45. The first-order chi connectivity index (χ1) is 14.0. The highest BCUT2D eigenvalue weighted by Gasteiger charge is 2.33. The maximum atomic E-state index is 13.0. The first-order valence-corrected chi connectivity index (χ1v) is 11.6. The highest BCUT2D eigenvalue weighted by molar-refractivity contribution is 7.89. The highest BCUT2D eigenvalue weighted by Crippen LogP contribution is 2.30. The number of hydrogen-bond acceptors (Lipinski definition) is 4. The van der Waals surface area contributed by atoms with Crippen LogP contribution < -0.4 is 4.72 Å². The van der Waals surface area contributed by atoms with Crippen molar-refractivity contribution >= 4 is 15.9 Å². The molecule has 1 amide bonds. The topological polar surface area (TPSA) is 75.7 Å². The van der Waals surface area contributed by atoms with Crippen LogP contribution in [0.3, 0.4) is 0 Å². The molecule has 1 unspecified atom stereocenters. The quantitative estimate of drug-likeness (QED) is 0.721. The Morgan fingerprint density at radius 1 is 1.03 bits per heavy atom. The van der Waals surface area contributed by atoms with Gasteiger partial charge in [0.2, 0.25) is 10.0 Å². The van der Waals surface area contributed by atoms with Crippen LogP contribution in [-0.4, -0.2) is 44.5 Å². The molecule has 0 aromatic heterocycles. The molecule has 1 saturated carbocycles. The lowest BCUT2D eigenvalue weighted by atomic mass is 10.1. The van der Waals surface area contributed by atoms with Crippen molar-refractivity contribution in [1.29, 1.82) is 0 Å². The van der Waals surface area contributed by atoms with Crippen molar-refractivity contribution in [1.82, 2.24) is 9.62 Å². The van der Waals surface area contributed by atoms with Crippen LogP contribution >= 0.6 is 0 Å². The van der Waals surface area contributed by atoms with Gasteiger partial charge in [-0.15, -0.1) is 0 Å². The molecule has 1 atom stereocenters. The van der Waals surface area contributed by atoms with Crippen molar-refractivity contribution in [2.24, 2.45) is 0 Å². The van der Waals surface area contributed by atoms with Gasteiger partial charge in [-0.1, -0.05) is 30.3 Å². The molecule has 0 radical (unpaired) electrons. The van der Waals surface area contributed by atoms with E-state index in [1.807, 2.05) is 35.2 Å². The second-order valence-corrected chi connectivity index (χ2v) is 9.43. The molecule has 1 heterocycles. The van der Waals surface area contributed by atoms with E-state index in [4.69, 9.17) is 4.74 Å². The van der Waals surface area contributed by atoms with Crippen molar-refractivity contribution in [3.8, 4) is 0 Å². The highest BCUT2D eigenvalue weighted by atomic mass is 32.2. The van der Waals surface area contributed by atoms with E-state index in [1.54, 1.807) is 12.1 Å². The summed E-state index contributed by atoms with van der Waals surface area (Å²) in [5.74, 6) is -0.0624. The zero-order valence-corrected chi connectivity index (χ0v) is 17.1. The standard InChI is InChI=1S/C22H26N2O4S/c25-22(24(19-10-11-19)16-17-5-2-1-3-6-17)18-8-12-21(13-9-18)29(26,27)23-15-20-7-4-14-28-20/h1-3,5-6,8-9,12-13,19-20,23H,4,7,10-11,14-16H2. The molecule has 0 bridgehead atoms.